The minimum atomic E-state index is 0.307. The first-order chi connectivity index (χ1) is 9.26. The Morgan fingerprint density at radius 2 is 2.26 bits per heavy atom. The Morgan fingerprint density at radius 3 is 3.00 bits per heavy atom. The molecule has 98 valence electrons. The fraction of sp³-hybridized carbons (Fsp3) is 0.250. The first-order valence-electron chi connectivity index (χ1n) is 5.70. The van der Waals surface area contributed by atoms with Gasteiger partial charge in [0.15, 0.2) is 11.6 Å². The van der Waals surface area contributed by atoms with E-state index in [1.54, 1.807) is 13.2 Å². The number of nitrogens with one attached hydrogen (secondary N) is 1. The maximum Gasteiger partial charge on any atom is 0.276 e. The molecule has 1 N–H and O–H groups in total. The summed E-state index contributed by atoms with van der Waals surface area (Å²) in [5.41, 5.74) is 1.33. The molecule has 0 atom stereocenters. The van der Waals surface area contributed by atoms with Gasteiger partial charge in [0, 0.05) is 13.2 Å². The summed E-state index contributed by atoms with van der Waals surface area (Å²) in [6.45, 7) is 2.19. The highest BCUT2D eigenvalue weighted by Crippen LogP contribution is 2.24. The van der Waals surface area contributed by atoms with Crippen LogP contribution in [0, 0.1) is 6.92 Å². The molecule has 0 unspecified atom stereocenters. The zero-order chi connectivity index (χ0) is 13.2. The lowest BCUT2D eigenvalue weighted by Gasteiger charge is -1.87. The molecule has 19 heavy (non-hydrogen) atoms. The van der Waals surface area contributed by atoms with Gasteiger partial charge in [0.25, 0.3) is 5.89 Å². The molecule has 0 radical (unpaired) electrons. The summed E-state index contributed by atoms with van der Waals surface area (Å²) in [6.07, 6.45) is 0. The Bertz CT molecular complexity index is 683. The van der Waals surface area contributed by atoms with Gasteiger partial charge in [0.1, 0.15) is 23.8 Å². The lowest BCUT2D eigenvalue weighted by atomic mass is 10.3. The lowest BCUT2D eigenvalue weighted by Crippen LogP contribution is -1.89. The predicted octanol–water partition coefficient (Wildman–Crippen LogP) is 2.17. The highest BCUT2D eigenvalue weighted by atomic mass is 16.5. The molecule has 0 fully saturated rings. The average Bonchev–Trinajstić information content (AvgIpc) is 3.07. The van der Waals surface area contributed by atoms with Crippen LogP contribution < -0.4 is 0 Å². The maximum absolute atomic E-state index is 5.49. The number of hydrogen-bond donors (Lipinski definition) is 1. The monoisotopic (exact) mass is 260 g/mol. The first-order valence-corrected chi connectivity index (χ1v) is 5.70. The van der Waals surface area contributed by atoms with Crippen LogP contribution in [0.25, 0.3) is 23.0 Å². The van der Waals surface area contributed by atoms with Gasteiger partial charge in [-0.2, -0.15) is 10.1 Å². The number of hydrogen-bond acceptors (Lipinski definition) is 6. The van der Waals surface area contributed by atoms with Crippen LogP contribution >= 0.6 is 0 Å². The van der Waals surface area contributed by atoms with Crippen molar-refractivity contribution in [3.8, 4) is 23.0 Å². The fourth-order valence-corrected chi connectivity index (χ4v) is 1.68. The molecule has 3 aromatic rings. The van der Waals surface area contributed by atoms with Gasteiger partial charge in [-0.25, -0.2) is 0 Å². The van der Waals surface area contributed by atoms with Crippen LogP contribution in [0.5, 0.6) is 0 Å². The minimum Gasteiger partial charge on any atom is -0.460 e. The number of ether oxygens (including phenoxy) is 1. The van der Waals surface area contributed by atoms with E-state index in [2.05, 4.69) is 20.3 Å². The number of aromatic amines is 1. The van der Waals surface area contributed by atoms with Crippen LogP contribution in [-0.2, 0) is 11.3 Å². The predicted molar refractivity (Wildman–Crippen MR) is 65.0 cm³/mol. The standard InChI is InChI=1S/C12H12N4O3/c1-7-3-4-10(18-7)8-5-9(15-14-8)12-13-11(6-17-2)16-19-12/h3-5H,6H2,1-2H3,(H,14,15). The van der Waals surface area contributed by atoms with Crippen molar-refractivity contribution in [2.24, 2.45) is 0 Å². The van der Waals surface area contributed by atoms with Crippen molar-refractivity contribution in [3.05, 3.63) is 29.8 Å². The Hall–Kier alpha value is -2.41. The summed E-state index contributed by atoms with van der Waals surface area (Å²) in [5, 5.41) is 10.8. The van der Waals surface area contributed by atoms with Crippen molar-refractivity contribution in [2.75, 3.05) is 7.11 Å². The van der Waals surface area contributed by atoms with E-state index in [9.17, 15) is 0 Å². The van der Waals surface area contributed by atoms with Crippen LogP contribution in [0.15, 0.2) is 27.1 Å². The molecule has 0 aliphatic carbocycles. The van der Waals surface area contributed by atoms with E-state index in [0.29, 0.717) is 35.5 Å². The molecule has 3 aromatic heterocycles. The molecule has 0 aromatic carbocycles. The maximum atomic E-state index is 5.49. The molecule has 0 bridgehead atoms. The van der Waals surface area contributed by atoms with E-state index in [0.717, 1.165) is 5.76 Å². The molecule has 0 aliphatic rings. The first kappa shape index (κ1) is 11.7. The number of H-pyrrole nitrogens is 1. The highest BCUT2D eigenvalue weighted by Gasteiger charge is 2.14. The van der Waals surface area contributed by atoms with Gasteiger partial charge in [-0.05, 0) is 19.1 Å². The molecule has 0 saturated carbocycles. The van der Waals surface area contributed by atoms with Crippen LogP contribution in [0.2, 0.25) is 0 Å². The number of aryl methyl sites for hydroxylation is 1. The van der Waals surface area contributed by atoms with E-state index in [4.69, 9.17) is 13.7 Å². The number of nitrogens with zero attached hydrogens (tertiary/aromatic N) is 3. The summed E-state index contributed by atoms with van der Waals surface area (Å²) >= 11 is 0. The lowest BCUT2D eigenvalue weighted by molar-refractivity contribution is 0.174. The largest absolute Gasteiger partial charge is 0.460 e. The zero-order valence-corrected chi connectivity index (χ0v) is 10.5. The van der Waals surface area contributed by atoms with E-state index >= 15 is 0 Å². The topological polar surface area (TPSA) is 90.0 Å². The van der Waals surface area contributed by atoms with Gasteiger partial charge in [-0.3, -0.25) is 5.10 Å². The second kappa shape index (κ2) is 4.69. The molecule has 0 amide bonds. The fourth-order valence-electron chi connectivity index (χ4n) is 1.68. The molecule has 0 saturated heterocycles. The second-order valence-corrected chi connectivity index (χ2v) is 4.03. The van der Waals surface area contributed by atoms with Crippen molar-refractivity contribution in [2.45, 2.75) is 13.5 Å². The summed E-state index contributed by atoms with van der Waals surface area (Å²) in [7, 11) is 1.57. The van der Waals surface area contributed by atoms with Crippen LogP contribution in [0.4, 0.5) is 0 Å². The average molecular weight is 260 g/mol. The summed E-state index contributed by atoms with van der Waals surface area (Å²) in [4.78, 5) is 4.18. The second-order valence-electron chi connectivity index (χ2n) is 4.03. The van der Waals surface area contributed by atoms with Gasteiger partial charge in [0.2, 0.25) is 0 Å². The molecule has 3 heterocycles. The third-order valence-corrected chi connectivity index (χ3v) is 2.54. The molecule has 7 nitrogen and oxygen atoms in total. The summed E-state index contributed by atoms with van der Waals surface area (Å²) in [5.74, 6) is 2.38. The van der Waals surface area contributed by atoms with Crippen LogP contribution in [0.3, 0.4) is 0 Å². The highest BCUT2D eigenvalue weighted by molar-refractivity contribution is 5.60. The van der Waals surface area contributed by atoms with Gasteiger partial charge in [-0.15, -0.1) is 0 Å². The third-order valence-electron chi connectivity index (χ3n) is 2.54. The van der Waals surface area contributed by atoms with Crippen molar-refractivity contribution in [1.82, 2.24) is 20.3 Å². The van der Waals surface area contributed by atoms with E-state index in [-0.39, 0.29) is 0 Å². The Kier molecular flexibility index (Phi) is 2.88. The van der Waals surface area contributed by atoms with Gasteiger partial charge < -0.3 is 13.7 Å². The molecule has 0 aliphatic heterocycles. The summed E-state index contributed by atoms with van der Waals surface area (Å²) < 4.78 is 15.5. The zero-order valence-electron chi connectivity index (χ0n) is 10.5. The van der Waals surface area contributed by atoms with E-state index in [1.807, 2.05) is 19.1 Å². The summed E-state index contributed by atoms with van der Waals surface area (Å²) in [6, 6.07) is 5.54. The van der Waals surface area contributed by atoms with Gasteiger partial charge in [-0.1, -0.05) is 5.16 Å². The minimum absolute atomic E-state index is 0.307. The van der Waals surface area contributed by atoms with Crippen LogP contribution in [0.1, 0.15) is 11.6 Å². The Morgan fingerprint density at radius 1 is 1.37 bits per heavy atom. The number of rotatable bonds is 4. The van der Waals surface area contributed by atoms with Crippen molar-refractivity contribution < 1.29 is 13.7 Å². The SMILES string of the molecule is COCc1noc(-c2cc(-c3ccc(C)o3)n[nH]2)n1. The van der Waals surface area contributed by atoms with Crippen molar-refractivity contribution >= 4 is 0 Å². The third kappa shape index (κ3) is 2.27. The van der Waals surface area contributed by atoms with Gasteiger partial charge in [0.05, 0.1) is 0 Å². The van der Waals surface area contributed by atoms with Crippen molar-refractivity contribution in [1.29, 1.82) is 0 Å². The normalized spacial score (nSPS) is 11.1. The molecular formula is C12H12N4O3. The number of aromatic nitrogens is 4. The molecule has 3 rings (SSSR count). The number of methoxy groups -OCH3 is 1. The van der Waals surface area contributed by atoms with E-state index < -0.39 is 0 Å². The quantitative estimate of drug-likeness (QED) is 0.773. The smallest absolute Gasteiger partial charge is 0.276 e. The van der Waals surface area contributed by atoms with Crippen LogP contribution in [-0.4, -0.2) is 27.4 Å². The van der Waals surface area contributed by atoms with Gasteiger partial charge >= 0.3 is 0 Å². The van der Waals surface area contributed by atoms with Crippen molar-refractivity contribution in [3.63, 3.8) is 0 Å². The van der Waals surface area contributed by atoms with E-state index in [1.165, 1.54) is 0 Å². The Balaban J connectivity index is 1.87. The molecule has 0 spiro atoms. The molecule has 7 heteroatoms. The Labute approximate surface area is 108 Å². The number of furan rings is 1. The molecular weight excluding hydrogens is 248 g/mol.